The second kappa shape index (κ2) is 5.05. The van der Waals surface area contributed by atoms with E-state index in [-0.39, 0.29) is 5.60 Å². The largest absolute Gasteiger partial charge is 0.370 e. The third-order valence-electron chi connectivity index (χ3n) is 4.18. The van der Waals surface area contributed by atoms with Crippen LogP contribution in [0.1, 0.15) is 59.3 Å². The van der Waals surface area contributed by atoms with Crippen molar-refractivity contribution in [3.05, 3.63) is 0 Å². The average molecular weight is 225 g/mol. The van der Waals surface area contributed by atoms with Crippen molar-refractivity contribution in [2.45, 2.75) is 77.0 Å². The van der Waals surface area contributed by atoms with Gasteiger partial charge in [-0.2, -0.15) is 0 Å². The van der Waals surface area contributed by atoms with Gasteiger partial charge in [0.05, 0.1) is 11.7 Å². The molecule has 0 aromatic carbocycles. The summed E-state index contributed by atoms with van der Waals surface area (Å²) in [6.45, 7) is 7.81. The molecule has 0 saturated heterocycles. The molecule has 2 aliphatic carbocycles. The molecular weight excluding hydrogens is 198 g/mol. The van der Waals surface area contributed by atoms with Crippen LogP contribution in [-0.4, -0.2) is 24.3 Å². The molecule has 0 amide bonds. The molecule has 1 unspecified atom stereocenters. The average Bonchev–Trinajstić information content (AvgIpc) is 2.97. The number of hydrogen-bond donors (Lipinski definition) is 1. The Morgan fingerprint density at radius 2 is 1.81 bits per heavy atom. The van der Waals surface area contributed by atoms with Crippen molar-refractivity contribution in [2.24, 2.45) is 5.92 Å². The highest BCUT2D eigenvalue weighted by Crippen LogP contribution is 2.35. The molecule has 1 N–H and O–H groups in total. The van der Waals surface area contributed by atoms with Crippen molar-refractivity contribution in [3.8, 4) is 0 Å². The van der Waals surface area contributed by atoms with Crippen LogP contribution in [0, 0.1) is 5.92 Å². The van der Waals surface area contributed by atoms with E-state index < -0.39 is 0 Å². The first kappa shape index (κ1) is 12.4. The Bertz CT molecular complexity index is 217. The molecule has 2 aliphatic rings. The molecule has 94 valence electrons. The maximum Gasteiger partial charge on any atom is 0.0810 e. The van der Waals surface area contributed by atoms with E-state index in [4.69, 9.17) is 4.74 Å². The molecule has 0 radical (unpaired) electrons. The van der Waals surface area contributed by atoms with Crippen molar-refractivity contribution in [2.75, 3.05) is 6.54 Å². The predicted molar refractivity (Wildman–Crippen MR) is 67.6 cm³/mol. The summed E-state index contributed by atoms with van der Waals surface area (Å²) in [5.41, 5.74) is 0.159. The van der Waals surface area contributed by atoms with Gasteiger partial charge in [0.25, 0.3) is 0 Å². The lowest BCUT2D eigenvalue weighted by Gasteiger charge is -2.34. The minimum Gasteiger partial charge on any atom is -0.370 e. The van der Waals surface area contributed by atoms with Crippen LogP contribution >= 0.6 is 0 Å². The molecular formula is C14H27NO. The maximum atomic E-state index is 6.38. The van der Waals surface area contributed by atoms with Crippen LogP contribution in [0.5, 0.6) is 0 Å². The number of rotatable bonds is 6. The third kappa shape index (κ3) is 3.21. The maximum absolute atomic E-state index is 6.38. The van der Waals surface area contributed by atoms with Crippen molar-refractivity contribution in [1.29, 1.82) is 0 Å². The Kier molecular flexibility index (Phi) is 3.91. The van der Waals surface area contributed by atoms with Crippen LogP contribution in [0.25, 0.3) is 0 Å². The molecule has 1 atom stereocenters. The van der Waals surface area contributed by atoms with Crippen molar-refractivity contribution in [1.82, 2.24) is 5.32 Å². The molecule has 0 aromatic heterocycles. The Morgan fingerprint density at radius 3 is 2.31 bits per heavy atom. The monoisotopic (exact) mass is 225 g/mol. The lowest BCUT2D eigenvalue weighted by molar-refractivity contribution is -0.0975. The van der Waals surface area contributed by atoms with Gasteiger partial charge in [0, 0.05) is 12.6 Å². The zero-order valence-corrected chi connectivity index (χ0v) is 11.1. The molecule has 0 aromatic rings. The first-order chi connectivity index (χ1) is 7.61. The van der Waals surface area contributed by atoms with Crippen molar-refractivity contribution < 1.29 is 4.74 Å². The van der Waals surface area contributed by atoms with Gasteiger partial charge in [0.1, 0.15) is 0 Å². The quantitative estimate of drug-likeness (QED) is 0.750. The summed E-state index contributed by atoms with van der Waals surface area (Å²) >= 11 is 0. The minimum atomic E-state index is 0.159. The topological polar surface area (TPSA) is 21.3 Å². The summed E-state index contributed by atoms with van der Waals surface area (Å²) in [5.74, 6) is 0.624. The molecule has 2 heteroatoms. The molecule has 0 spiro atoms. The molecule has 2 nitrogen and oxygen atoms in total. The van der Waals surface area contributed by atoms with Crippen LogP contribution in [0.2, 0.25) is 0 Å². The number of nitrogens with one attached hydrogen (secondary N) is 1. The minimum absolute atomic E-state index is 0.159. The first-order valence-corrected chi connectivity index (χ1v) is 7.02. The normalized spacial score (nSPS) is 26.2. The summed E-state index contributed by atoms with van der Waals surface area (Å²) in [7, 11) is 0. The van der Waals surface area contributed by atoms with E-state index in [9.17, 15) is 0 Å². The van der Waals surface area contributed by atoms with Gasteiger partial charge >= 0.3 is 0 Å². The zero-order valence-electron chi connectivity index (χ0n) is 11.1. The predicted octanol–water partition coefficient (Wildman–Crippen LogP) is 3.11. The van der Waals surface area contributed by atoms with E-state index in [2.05, 4.69) is 26.1 Å². The van der Waals surface area contributed by atoms with Gasteiger partial charge in [0.2, 0.25) is 0 Å². The Labute approximate surface area is 100 Å². The van der Waals surface area contributed by atoms with Crippen LogP contribution < -0.4 is 5.32 Å². The fourth-order valence-electron chi connectivity index (χ4n) is 2.50. The van der Waals surface area contributed by atoms with E-state index in [0.29, 0.717) is 12.0 Å². The molecule has 2 saturated carbocycles. The summed E-state index contributed by atoms with van der Waals surface area (Å²) in [5, 5.41) is 3.66. The lowest BCUT2D eigenvalue weighted by Crippen LogP contribution is -2.44. The highest BCUT2D eigenvalue weighted by Gasteiger charge is 2.38. The first-order valence-electron chi connectivity index (χ1n) is 7.02. The molecule has 2 fully saturated rings. The highest BCUT2D eigenvalue weighted by molar-refractivity contribution is 4.93. The van der Waals surface area contributed by atoms with Gasteiger partial charge in [-0.3, -0.25) is 0 Å². The zero-order chi connectivity index (χ0) is 11.6. The Hall–Kier alpha value is -0.0800. The second-order valence-corrected chi connectivity index (χ2v) is 6.11. The van der Waals surface area contributed by atoms with E-state index in [0.717, 1.165) is 12.6 Å². The van der Waals surface area contributed by atoms with Gasteiger partial charge in [-0.15, -0.1) is 0 Å². The lowest BCUT2D eigenvalue weighted by atomic mass is 10.00. The van der Waals surface area contributed by atoms with E-state index >= 15 is 0 Å². The molecule has 2 rings (SSSR count). The second-order valence-electron chi connectivity index (χ2n) is 6.11. The van der Waals surface area contributed by atoms with Crippen molar-refractivity contribution in [3.63, 3.8) is 0 Å². The number of ether oxygens (including phenoxy) is 1. The highest BCUT2D eigenvalue weighted by atomic mass is 16.5. The van der Waals surface area contributed by atoms with Crippen LogP contribution in [0.3, 0.4) is 0 Å². The standard InChI is InChI=1S/C14H27NO/c1-11(2)12(3)16-14(8-4-5-9-14)10-15-13-6-7-13/h11-13,15H,4-10H2,1-3H3. The van der Waals surface area contributed by atoms with E-state index in [1.54, 1.807) is 0 Å². The molecule has 0 bridgehead atoms. The fraction of sp³-hybridized carbons (Fsp3) is 1.00. The van der Waals surface area contributed by atoms with Gasteiger partial charge in [0.15, 0.2) is 0 Å². The van der Waals surface area contributed by atoms with Crippen LogP contribution in [0.15, 0.2) is 0 Å². The SMILES string of the molecule is CC(C)C(C)OC1(CNC2CC2)CCCC1. The third-order valence-corrected chi connectivity index (χ3v) is 4.18. The van der Waals surface area contributed by atoms with E-state index in [1.165, 1.54) is 38.5 Å². The van der Waals surface area contributed by atoms with Crippen molar-refractivity contribution >= 4 is 0 Å². The van der Waals surface area contributed by atoms with Gasteiger partial charge in [-0.05, 0) is 38.5 Å². The van der Waals surface area contributed by atoms with Crippen LogP contribution in [-0.2, 0) is 4.74 Å². The summed E-state index contributed by atoms with van der Waals surface area (Å²) < 4.78 is 6.38. The summed E-state index contributed by atoms with van der Waals surface area (Å²) in [6.07, 6.45) is 8.33. The molecule has 0 aliphatic heterocycles. The Morgan fingerprint density at radius 1 is 1.19 bits per heavy atom. The van der Waals surface area contributed by atoms with Gasteiger partial charge in [-0.25, -0.2) is 0 Å². The van der Waals surface area contributed by atoms with E-state index in [1.807, 2.05) is 0 Å². The van der Waals surface area contributed by atoms with Crippen LogP contribution in [0.4, 0.5) is 0 Å². The molecule has 0 heterocycles. The number of hydrogen-bond acceptors (Lipinski definition) is 2. The van der Waals surface area contributed by atoms with Gasteiger partial charge in [-0.1, -0.05) is 26.7 Å². The smallest absolute Gasteiger partial charge is 0.0810 e. The molecule has 16 heavy (non-hydrogen) atoms. The summed E-state index contributed by atoms with van der Waals surface area (Å²) in [4.78, 5) is 0. The Balaban J connectivity index is 1.86. The van der Waals surface area contributed by atoms with Gasteiger partial charge < -0.3 is 10.1 Å². The fourth-order valence-corrected chi connectivity index (χ4v) is 2.50. The summed E-state index contributed by atoms with van der Waals surface area (Å²) in [6, 6.07) is 0.801.